The summed E-state index contributed by atoms with van der Waals surface area (Å²) in [7, 11) is 1.63. The van der Waals surface area contributed by atoms with Crippen LogP contribution in [0.4, 0.5) is 0 Å². The van der Waals surface area contributed by atoms with Crippen molar-refractivity contribution in [1.82, 2.24) is 0 Å². The van der Waals surface area contributed by atoms with Crippen LogP contribution in [0.3, 0.4) is 0 Å². The van der Waals surface area contributed by atoms with Crippen LogP contribution >= 0.6 is 0 Å². The van der Waals surface area contributed by atoms with Gasteiger partial charge in [-0.25, -0.2) is 0 Å². The van der Waals surface area contributed by atoms with E-state index in [9.17, 15) is 5.11 Å². The normalized spacial score (nSPS) is 40.7. The molecular weight excluding hydrogens is 232 g/mol. The Labute approximate surface area is 109 Å². The molecule has 1 saturated heterocycles. The van der Waals surface area contributed by atoms with Gasteiger partial charge in [0.2, 0.25) is 0 Å². The number of allylic oxidation sites excluding steroid dienone is 1. The van der Waals surface area contributed by atoms with Gasteiger partial charge in [0.05, 0.1) is 31.7 Å². The molecule has 4 heteroatoms. The van der Waals surface area contributed by atoms with Crippen molar-refractivity contribution in [3.05, 3.63) is 12.3 Å². The molecule has 2 fully saturated rings. The largest absolute Gasteiger partial charge is 0.505 e. The quantitative estimate of drug-likeness (QED) is 0.785. The summed E-state index contributed by atoms with van der Waals surface area (Å²) in [5.41, 5.74) is 0. The summed E-state index contributed by atoms with van der Waals surface area (Å²) < 4.78 is 16.8. The Morgan fingerprint density at radius 1 is 1.33 bits per heavy atom. The number of methoxy groups -OCH3 is 1. The number of ether oxygens (including phenoxy) is 3. The van der Waals surface area contributed by atoms with Gasteiger partial charge in [-0.1, -0.05) is 6.92 Å². The zero-order chi connectivity index (χ0) is 13.3. The highest BCUT2D eigenvalue weighted by Crippen LogP contribution is 2.42. The molecule has 0 unspecified atom stereocenters. The van der Waals surface area contributed by atoms with Crippen LogP contribution in [0.2, 0.25) is 0 Å². The van der Waals surface area contributed by atoms with Gasteiger partial charge in [0, 0.05) is 5.92 Å². The second kappa shape index (κ2) is 5.19. The summed E-state index contributed by atoms with van der Waals surface area (Å²) in [5.74, 6) is -0.273. The van der Waals surface area contributed by atoms with Crippen LogP contribution in [0, 0.1) is 11.8 Å². The third-order valence-corrected chi connectivity index (χ3v) is 3.92. The van der Waals surface area contributed by atoms with Crippen LogP contribution in [0.25, 0.3) is 0 Å². The summed E-state index contributed by atoms with van der Waals surface area (Å²) >= 11 is 0. The number of aliphatic hydroxyl groups is 1. The molecule has 1 heterocycles. The highest BCUT2D eigenvalue weighted by Gasteiger charge is 2.50. The fourth-order valence-electron chi connectivity index (χ4n) is 3.14. The molecule has 0 aromatic carbocycles. The molecule has 0 amide bonds. The Kier molecular flexibility index (Phi) is 3.99. The molecule has 0 aromatic rings. The van der Waals surface area contributed by atoms with Crippen molar-refractivity contribution in [3.8, 4) is 0 Å². The zero-order valence-electron chi connectivity index (χ0n) is 11.6. The van der Waals surface area contributed by atoms with Gasteiger partial charge in [-0.05, 0) is 38.7 Å². The lowest BCUT2D eigenvalue weighted by Crippen LogP contribution is -2.46. The SMILES string of the molecule is CO/C=C/[C@H](C)[C@H]1[C@@H]2OC(C)(C)O[C@@H]2CC[C@H]1O. The lowest BCUT2D eigenvalue weighted by molar-refractivity contribution is -0.152. The molecule has 1 N–H and O–H groups in total. The highest BCUT2D eigenvalue weighted by atomic mass is 16.8. The van der Waals surface area contributed by atoms with Gasteiger partial charge in [0.15, 0.2) is 5.79 Å². The van der Waals surface area contributed by atoms with Crippen LogP contribution in [0.1, 0.15) is 33.6 Å². The van der Waals surface area contributed by atoms with Gasteiger partial charge in [-0.2, -0.15) is 0 Å². The van der Waals surface area contributed by atoms with Crippen molar-refractivity contribution in [1.29, 1.82) is 0 Å². The van der Waals surface area contributed by atoms with Crippen LogP contribution in [-0.2, 0) is 14.2 Å². The van der Waals surface area contributed by atoms with Crippen molar-refractivity contribution >= 4 is 0 Å². The maximum absolute atomic E-state index is 10.2. The molecule has 2 aliphatic rings. The Balaban J connectivity index is 2.13. The first-order chi connectivity index (χ1) is 8.44. The number of fused-ring (bicyclic) bond motifs is 1. The lowest BCUT2D eigenvalue weighted by Gasteiger charge is -2.37. The maximum atomic E-state index is 10.2. The molecule has 0 aromatic heterocycles. The fraction of sp³-hybridized carbons (Fsp3) is 0.857. The van der Waals surface area contributed by atoms with E-state index in [4.69, 9.17) is 14.2 Å². The first kappa shape index (κ1) is 13.8. The smallest absolute Gasteiger partial charge is 0.163 e. The van der Waals surface area contributed by atoms with E-state index in [-0.39, 0.29) is 30.1 Å². The molecule has 18 heavy (non-hydrogen) atoms. The molecule has 4 nitrogen and oxygen atoms in total. The van der Waals surface area contributed by atoms with Crippen molar-refractivity contribution in [2.24, 2.45) is 11.8 Å². The summed E-state index contributed by atoms with van der Waals surface area (Å²) in [4.78, 5) is 0. The lowest BCUT2D eigenvalue weighted by atomic mass is 9.75. The van der Waals surface area contributed by atoms with Crippen LogP contribution in [0.5, 0.6) is 0 Å². The van der Waals surface area contributed by atoms with E-state index in [1.807, 2.05) is 19.9 Å². The number of aliphatic hydroxyl groups excluding tert-OH is 1. The topological polar surface area (TPSA) is 47.9 Å². The van der Waals surface area contributed by atoms with Crippen molar-refractivity contribution < 1.29 is 19.3 Å². The number of rotatable bonds is 3. The van der Waals surface area contributed by atoms with Crippen molar-refractivity contribution in [3.63, 3.8) is 0 Å². The monoisotopic (exact) mass is 256 g/mol. The Bertz CT molecular complexity index is 313. The molecule has 1 saturated carbocycles. The molecule has 0 radical (unpaired) electrons. The van der Waals surface area contributed by atoms with E-state index < -0.39 is 5.79 Å². The molecule has 1 aliphatic carbocycles. The van der Waals surface area contributed by atoms with E-state index in [1.54, 1.807) is 13.4 Å². The second-order valence-electron chi connectivity index (χ2n) is 5.78. The average Bonchev–Trinajstić information content (AvgIpc) is 2.60. The fourth-order valence-corrected chi connectivity index (χ4v) is 3.14. The summed E-state index contributed by atoms with van der Waals surface area (Å²) in [6.07, 6.45) is 5.03. The first-order valence-corrected chi connectivity index (χ1v) is 6.68. The third kappa shape index (κ3) is 2.71. The minimum Gasteiger partial charge on any atom is -0.505 e. The molecular formula is C14H24O4. The average molecular weight is 256 g/mol. The van der Waals surface area contributed by atoms with Crippen LogP contribution in [0.15, 0.2) is 12.3 Å². The summed E-state index contributed by atoms with van der Waals surface area (Å²) in [6.45, 7) is 5.95. The molecule has 1 aliphatic heterocycles. The van der Waals surface area contributed by atoms with Gasteiger partial charge in [-0.3, -0.25) is 0 Å². The minimum atomic E-state index is -0.539. The van der Waals surface area contributed by atoms with E-state index in [2.05, 4.69) is 6.92 Å². The van der Waals surface area contributed by atoms with Crippen molar-refractivity contribution in [2.75, 3.05) is 7.11 Å². The van der Waals surface area contributed by atoms with Gasteiger partial charge in [0.25, 0.3) is 0 Å². The number of hydrogen-bond acceptors (Lipinski definition) is 4. The van der Waals surface area contributed by atoms with Gasteiger partial charge in [-0.15, -0.1) is 0 Å². The van der Waals surface area contributed by atoms with E-state index in [0.29, 0.717) is 0 Å². The predicted molar refractivity (Wildman–Crippen MR) is 67.9 cm³/mol. The molecule has 0 bridgehead atoms. The van der Waals surface area contributed by atoms with Crippen LogP contribution < -0.4 is 0 Å². The number of hydrogen-bond donors (Lipinski definition) is 1. The maximum Gasteiger partial charge on any atom is 0.163 e. The van der Waals surface area contributed by atoms with E-state index in [0.717, 1.165) is 12.8 Å². The molecule has 104 valence electrons. The van der Waals surface area contributed by atoms with Crippen molar-refractivity contribution in [2.45, 2.75) is 57.7 Å². The minimum absolute atomic E-state index is 0.0275. The third-order valence-electron chi connectivity index (χ3n) is 3.92. The van der Waals surface area contributed by atoms with Gasteiger partial charge >= 0.3 is 0 Å². The van der Waals surface area contributed by atoms with Gasteiger partial charge in [0.1, 0.15) is 0 Å². The Hall–Kier alpha value is -0.580. The van der Waals surface area contributed by atoms with Gasteiger partial charge < -0.3 is 19.3 Å². The van der Waals surface area contributed by atoms with Crippen LogP contribution in [-0.4, -0.2) is 36.3 Å². The summed E-state index contributed by atoms with van der Waals surface area (Å²) in [5, 5.41) is 10.2. The highest BCUT2D eigenvalue weighted by molar-refractivity contribution is 5.00. The summed E-state index contributed by atoms with van der Waals surface area (Å²) in [6, 6.07) is 0. The Morgan fingerprint density at radius 2 is 2.06 bits per heavy atom. The first-order valence-electron chi connectivity index (χ1n) is 6.68. The van der Waals surface area contributed by atoms with E-state index >= 15 is 0 Å². The molecule has 5 atom stereocenters. The zero-order valence-corrected chi connectivity index (χ0v) is 11.6. The standard InChI is InChI=1S/C14H24O4/c1-9(7-8-16-4)12-10(15)5-6-11-13(12)18-14(2,3)17-11/h7-13,15H,5-6H2,1-4H3/b8-7+/t9-,10+,11+,12+,13+/m0/s1. The molecule has 0 spiro atoms. The Morgan fingerprint density at radius 3 is 2.72 bits per heavy atom. The predicted octanol–water partition coefficient (Wildman–Crippen LogP) is 2.07. The second-order valence-corrected chi connectivity index (χ2v) is 5.78. The molecule has 2 rings (SSSR count). The van der Waals surface area contributed by atoms with E-state index in [1.165, 1.54) is 0 Å².